The van der Waals surface area contributed by atoms with E-state index in [1.165, 1.54) is 11.3 Å². The molecule has 6 aromatic heterocycles. The molecule has 0 saturated carbocycles. The topological polar surface area (TPSA) is 77.3 Å². The van der Waals surface area contributed by atoms with E-state index in [1.54, 1.807) is 56.7 Å². The molecule has 6 aromatic rings. The van der Waals surface area contributed by atoms with Gasteiger partial charge >= 0.3 is 0 Å². The second-order valence-corrected chi connectivity index (χ2v) is 10.8. The second-order valence-electron chi connectivity index (χ2n) is 5.81. The lowest BCUT2D eigenvalue weighted by Gasteiger charge is -1.90. The van der Waals surface area contributed by atoms with Gasteiger partial charge < -0.3 is 0 Å². The number of rotatable bonds is 5. The van der Waals surface area contributed by atoms with E-state index in [0.29, 0.717) is 0 Å². The van der Waals surface area contributed by atoms with Crippen molar-refractivity contribution in [2.24, 2.45) is 0 Å². The van der Waals surface area contributed by atoms with E-state index < -0.39 is 0 Å². The molecule has 0 unspecified atom stereocenters. The fourth-order valence-corrected chi connectivity index (χ4v) is 7.11. The first kappa shape index (κ1) is 18.5. The lowest BCUT2D eigenvalue weighted by Crippen LogP contribution is -1.82. The molecular weight excluding hydrogens is 493 g/mol. The minimum atomic E-state index is 0.862. The minimum Gasteiger partial charge on any atom is -0.242 e. The highest BCUT2D eigenvalue weighted by Gasteiger charge is 2.16. The number of hydrogen-bond acceptors (Lipinski definition) is 12. The Balaban J connectivity index is 1.26. The molecule has 6 heterocycles. The number of nitrogens with zero attached hydrogens (tertiary/aromatic N) is 6. The van der Waals surface area contributed by atoms with Crippen molar-refractivity contribution in [3.05, 3.63) is 44.0 Å². The molecule has 0 bridgehead atoms. The molecule has 0 aliphatic heterocycles. The first-order chi connectivity index (χ1) is 14.8. The molecule has 0 N–H and O–H groups in total. The van der Waals surface area contributed by atoms with Gasteiger partial charge in [-0.25, -0.2) is 29.9 Å². The van der Waals surface area contributed by atoms with Crippen LogP contribution in [0.4, 0.5) is 0 Å². The third kappa shape index (κ3) is 3.45. The van der Waals surface area contributed by atoms with Gasteiger partial charge in [0, 0.05) is 32.3 Å². The van der Waals surface area contributed by atoms with E-state index in [9.17, 15) is 0 Å². The normalized spacial score (nSPS) is 11.3. The summed E-state index contributed by atoms with van der Waals surface area (Å²) in [5, 5.41) is 16.3. The van der Waals surface area contributed by atoms with Gasteiger partial charge in [-0.15, -0.1) is 68.0 Å². The van der Waals surface area contributed by atoms with E-state index in [-0.39, 0.29) is 0 Å². The Morgan fingerprint density at radius 3 is 1.47 bits per heavy atom. The minimum absolute atomic E-state index is 0.862. The summed E-state index contributed by atoms with van der Waals surface area (Å²) in [6.45, 7) is 0. The second kappa shape index (κ2) is 7.80. The van der Waals surface area contributed by atoms with Crippen LogP contribution in [0.25, 0.3) is 53.5 Å². The average Bonchev–Trinajstić information content (AvgIpc) is 3.62. The maximum atomic E-state index is 4.76. The molecule has 0 saturated heterocycles. The predicted molar refractivity (Wildman–Crippen MR) is 126 cm³/mol. The highest BCUT2D eigenvalue weighted by Crippen LogP contribution is 2.36. The molecule has 0 aliphatic rings. The molecule has 0 fully saturated rings. The smallest absolute Gasteiger partial charge is 0.143 e. The van der Waals surface area contributed by atoms with Gasteiger partial charge in [0.1, 0.15) is 59.7 Å². The number of hydrogen-bond donors (Lipinski definition) is 0. The largest absolute Gasteiger partial charge is 0.242 e. The predicted octanol–water partition coefficient (Wildman–Crippen LogP) is 6.56. The lowest BCUT2D eigenvalue weighted by atomic mass is 10.4. The zero-order valence-electron chi connectivity index (χ0n) is 14.7. The van der Waals surface area contributed by atoms with E-state index in [0.717, 1.165) is 53.5 Å². The maximum Gasteiger partial charge on any atom is 0.143 e. The summed E-state index contributed by atoms with van der Waals surface area (Å²) in [4.78, 5) is 27.4. The summed E-state index contributed by atoms with van der Waals surface area (Å²) >= 11 is 9.39. The zero-order chi connectivity index (χ0) is 19.9. The molecule has 0 atom stereocenters. The molecule has 6 nitrogen and oxygen atoms in total. The van der Waals surface area contributed by atoms with Crippen LogP contribution in [0.2, 0.25) is 0 Å². The number of thiazole rings is 6. The molecule has 6 rings (SSSR count). The van der Waals surface area contributed by atoms with Crippen LogP contribution in [0.1, 0.15) is 0 Å². The van der Waals surface area contributed by atoms with Crippen molar-refractivity contribution < 1.29 is 0 Å². The maximum absolute atomic E-state index is 4.76. The van der Waals surface area contributed by atoms with E-state index in [4.69, 9.17) is 9.97 Å². The van der Waals surface area contributed by atoms with E-state index >= 15 is 0 Å². The van der Waals surface area contributed by atoms with Gasteiger partial charge in [0.25, 0.3) is 0 Å². The molecule has 0 aromatic carbocycles. The van der Waals surface area contributed by atoms with Gasteiger partial charge in [0.15, 0.2) is 0 Å². The summed E-state index contributed by atoms with van der Waals surface area (Å²) < 4.78 is 0. The van der Waals surface area contributed by atoms with Crippen molar-refractivity contribution in [2.75, 3.05) is 0 Å². The van der Waals surface area contributed by atoms with Crippen LogP contribution < -0.4 is 0 Å². The summed E-state index contributed by atoms with van der Waals surface area (Å²) in [6.07, 6.45) is 2.83. The standard InChI is InChI=1S/C18H7N6S6/c1-2-26-14(19-1)10-4-28-16(21-10)12-6-30-18(23-12)13-7-29-17(24-13)11-5-27-15(22-11)9-3-25-8-20-9/h2-8H. The Morgan fingerprint density at radius 2 is 1.03 bits per heavy atom. The van der Waals surface area contributed by atoms with Crippen molar-refractivity contribution >= 4 is 68.0 Å². The average molecular weight is 500 g/mol. The van der Waals surface area contributed by atoms with Crippen molar-refractivity contribution in [3.63, 3.8) is 0 Å². The summed E-state index contributed by atoms with van der Waals surface area (Å²) in [5.41, 5.74) is 6.20. The lowest BCUT2D eigenvalue weighted by molar-refractivity contribution is 1.29. The van der Waals surface area contributed by atoms with Crippen molar-refractivity contribution in [1.29, 1.82) is 0 Å². The van der Waals surface area contributed by atoms with Crippen LogP contribution >= 0.6 is 68.0 Å². The first-order valence-corrected chi connectivity index (χ1v) is 13.7. The molecule has 145 valence electrons. The fraction of sp³-hybridized carbons (Fsp3) is 0. The quantitative estimate of drug-likeness (QED) is 0.267. The van der Waals surface area contributed by atoms with Crippen LogP contribution in [0.5, 0.6) is 0 Å². The van der Waals surface area contributed by atoms with Gasteiger partial charge in [0.05, 0.1) is 5.51 Å². The number of aromatic nitrogens is 6. The third-order valence-electron chi connectivity index (χ3n) is 3.93. The highest BCUT2D eigenvalue weighted by molar-refractivity contribution is 7.17. The van der Waals surface area contributed by atoms with Gasteiger partial charge in [-0.1, -0.05) is 0 Å². The Morgan fingerprint density at radius 1 is 0.533 bits per heavy atom. The Hall–Kier alpha value is -2.22. The van der Waals surface area contributed by atoms with Gasteiger partial charge in [-0.3, -0.25) is 0 Å². The molecule has 30 heavy (non-hydrogen) atoms. The van der Waals surface area contributed by atoms with Crippen molar-refractivity contribution in [3.8, 4) is 53.5 Å². The van der Waals surface area contributed by atoms with Crippen LogP contribution in [0.15, 0.2) is 37.8 Å². The Kier molecular flexibility index (Phi) is 4.82. The molecule has 1 radical (unpaired) electrons. The van der Waals surface area contributed by atoms with Crippen LogP contribution in [-0.2, 0) is 0 Å². The summed E-state index contributed by atoms with van der Waals surface area (Å²) in [6, 6.07) is 0. The van der Waals surface area contributed by atoms with Gasteiger partial charge in [0.2, 0.25) is 0 Å². The zero-order valence-corrected chi connectivity index (χ0v) is 19.6. The highest BCUT2D eigenvalue weighted by atomic mass is 32.1. The van der Waals surface area contributed by atoms with Gasteiger partial charge in [-0.05, 0) is 0 Å². The SMILES string of the molecule is [c]1csc(-c2csc(-c3csc(-c4csc(-c5csc(-c6cscn6)n5)n4)n3)n2)n1. The van der Waals surface area contributed by atoms with E-state index in [2.05, 4.69) is 26.1 Å². The molecular formula is C18H7N6S6. The monoisotopic (exact) mass is 499 g/mol. The van der Waals surface area contributed by atoms with Gasteiger partial charge in [-0.2, -0.15) is 0 Å². The molecule has 12 heteroatoms. The first-order valence-electron chi connectivity index (χ1n) is 8.37. The van der Waals surface area contributed by atoms with Crippen LogP contribution in [-0.4, -0.2) is 29.9 Å². The van der Waals surface area contributed by atoms with Crippen LogP contribution in [0, 0.1) is 6.20 Å². The van der Waals surface area contributed by atoms with Crippen LogP contribution in [0.3, 0.4) is 0 Å². The van der Waals surface area contributed by atoms with Crippen molar-refractivity contribution in [2.45, 2.75) is 0 Å². The third-order valence-corrected chi connectivity index (χ3v) is 8.73. The molecule has 0 aliphatic carbocycles. The Bertz CT molecular complexity index is 1300. The van der Waals surface area contributed by atoms with E-state index in [1.807, 2.05) is 37.8 Å². The summed E-state index contributed by atoms with van der Waals surface area (Å²) in [5.74, 6) is 0. The van der Waals surface area contributed by atoms with Crippen molar-refractivity contribution in [1.82, 2.24) is 29.9 Å². The summed E-state index contributed by atoms with van der Waals surface area (Å²) in [7, 11) is 0. The fourth-order valence-electron chi connectivity index (χ4n) is 2.59. The Labute approximate surface area is 194 Å². The molecule has 0 spiro atoms. The molecule has 0 amide bonds.